The SMILES string of the molecule is Cc1ccc(C(=O)N/N=C/c2ccc(Cl)cc2)cc1I. The largest absolute Gasteiger partial charge is 0.271 e. The van der Waals surface area contributed by atoms with E-state index in [4.69, 9.17) is 11.6 Å². The molecule has 102 valence electrons. The molecule has 3 nitrogen and oxygen atoms in total. The van der Waals surface area contributed by atoms with Gasteiger partial charge < -0.3 is 0 Å². The molecule has 0 bridgehead atoms. The van der Waals surface area contributed by atoms with Gasteiger partial charge in [-0.25, -0.2) is 5.43 Å². The van der Waals surface area contributed by atoms with Crippen LogP contribution in [0.15, 0.2) is 47.6 Å². The van der Waals surface area contributed by atoms with Gasteiger partial charge in [0.25, 0.3) is 5.91 Å². The van der Waals surface area contributed by atoms with Crippen molar-refractivity contribution in [2.45, 2.75) is 6.92 Å². The minimum absolute atomic E-state index is 0.229. The molecule has 0 aromatic heterocycles. The van der Waals surface area contributed by atoms with Crippen molar-refractivity contribution >= 4 is 46.3 Å². The number of carbonyl (C=O) groups excluding carboxylic acids is 1. The Kier molecular flexibility index (Phi) is 5.14. The lowest BCUT2D eigenvalue weighted by atomic mass is 10.1. The molecule has 20 heavy (non-hydrogen) atoms. The molecule has 0 unspecified atom stereocenters. The van der Waals surface area contributed by atoms with Gasteiger partial charge in [0, 0.05) is 14.2 Å². The van der Waals surface area contributed by atoms with Crippen molar-refractivity contribution in [1.29, 1.82) is 0 Å². The van der Waals surface area contributed by atoms with Crippen molar-refractivity contribution in [3.63, 3.8) is 0 Å². The molecule has 0 aliphatic rings. The molecule has 5 heteroatoms. The van der Waals surface area contributed by atoms with Crippen LogP contribution in [0.2, 0.25) is 5.02 Å². The van der Waals surface area contributed by atoms with Gasteiger partial charge in [-0.3, -0.25) is 4.79 Å². The van der Waals surface area contributed by atoms with Crippen molar-refractivity contribution in [3.8, 4) is 0 Å². The number of rotatable bonds is 3. The molecule has 0 spiro atoms. The van der Waals surface area contributed by atoms with Crippen molar-refractivity contribution in [3.05, 3.63) is 67.7 Å². The zero-order valence-corrected chi connectivity index (χ0v) is 13.6. The number of carbonyl (C=O) groups is 1. The molecule has 2 rings (SSSR count). The number of halogens is 2. The van der Waals surface area contributed by atoms with E-state index in [0.29, 0.717) is 10.6 Å². The molecule has 0 aliphatic heterocycles. The molecular formula is C15H12ClIN2O. The lowest BCUT2D eigenvalue weighted by molar-refractivity contribution is 0.0955. The average Bonchev–Trinajstić information content (AvgIpc) is 2.44. The van der Waals surface area contributed by atoms with Gasteiger partial charge in [0.1, 0.15) is 0 Å². The molecule has 0 saturated heterocycles. The zero-order chi connectivity index (χ0) is 14.5. The van der Waals surface area contributed by atoms with Gasteiger partial charge in [-0.05, 0) is 64.9 Å². The molecule has 0 fully saturated rings. The normalized spacial score (nSPS) is 10.8. The third-order valence-electron chi connectivity index (χ3n) is 2.68. The Morgan fingerprint density at radius 1 is 1.25 bits per heavy atom. The first kappa shape index (κ1) is 15.0. The van der Waals surface area contributed by atoms with E-state index in [1.165, 1.54) is 0 Å². The molecule has 2 aromatic rings. The summed E-state index contributed by atoms with van der Waals surface area (Å²) in [5.41, 5.74) is 5.11. The first-order chi connectivity index (χ1) is 9.56. The van der Waals surface area contributed by atoms with Gasteiger partial charge in [-0.1, -0.05) is 29.8 Å². The highest BCUT2D eigenvalue weighted by atomic mass is 127. The Hall–Kier alpha value is -1.40. The second-order valence-electron chi connectivity index (χ2n) is 4.21. The first-order valence-electron chi connectivity index (χ1n) is 5.91. The Morgan fingerprint density at radius 2 is 1.95 bits per heavy atom. The monoisotopic (exact) mass is 398 g/mol. The summed E-state index contributed by atoms with van der Waals surface area (Å²) in [6, 6.07) is 12.7. The topological polar surface area (TPSA) is 41.5 Å². The van der Waals surface area contributed by atoms with Gasteiger partial charge in [0.15, 0.2) is 0 Å². The van der Waals surface area contributed by atoms with Crippen LogP contribution in [0.25, 0.3) is 0 Å². The van der Waals surface area contributed by atoms with E-state index in [2.05, 4.69) is 33.1 Å². The number of hydrogen-bond acceptors (Lipinski definition) is 2. The summed E-state index contributed by atoms with van der Waals surface area (Å²) < 4.78 is 1.05. The minimum atomic E-state index is -0.229. The number of nitrogens with one attached hydrogen (secondary N) is 1. The Balaban J connectivity index is 2.01. The maximum Gasteiger partial charge on any atom is 0.271 e. The lowest BCUT2D eigenvalue weighted by Crippen LogP contribution is -2.17. The van der Waals surface area contributed by atoms with E-state index in [-0.39, 0.29) is 5.91 Å². The standard InChI is InChI=1S/C15H12ClIN2O/c1-10-2-5-12(8-14(10)17)15(20)19-18-9-11-3-6-13(16)7-4-11/h2-9H,1H3,(H,19,20)/b18-9+. The second-order valence-corrected chi connectivity index (χ2v) is 5.81. The average molecular weight is 399 g/mol. The molecule has 0 aliphatic carbocycles. The molecule has 2 aromatic carbocycles. The molecule has 0 atom stereocenters. The van der Waals surface area contributed by atoms with Crippen LogP contribution in [0.3, 0.4) is 0 Å². The minimum Gasteiger partial charge on any atom is -0.267 e. The number of hydrazone groups is 1. The molecule has 0 radical (unpaired) electrons. The van der Waals surface area contributed by atoms with Crippen molar-refractivity contribution in [2.75, 3.05) is 0 Å². The van der Waals surface area contributed by atoms with Crippen LogP contribution in [0.5, 0.6) is 0 Å². The summed E-state index contributed by atoms with van der Waals surface area (Å²) in [7, 11) is 0. The highest BCUT2D eigenvalue weighted by Crippen LogP contribution is 2.13. The maximum atomic E-state index is 11.9. The van der Waals surface area contributed by atoms with Crippen molar-refractivity contribution < 1.29 is 4.79 Å². The third-order valence-corrected chi connectivity index (χ3v) is 4.10. The van der Waals surface area contributed by atoms with Gasteiger partial charge in [-0.2, -0.15) is 5.10 Å². The highest BCUT2D eigenvalue weighted by Gasteiger charge is 2.05. The highest BCUT2D eigenvalue weighted by molar-refractivity contribution is 14.1. The van der Waals surface area contributed by atoms with E-state index < -0.39 is 0 Å². The Bertz CT molecular complexity index is 653. The van der Waals surface area contributed by atoms with E-state index in [1.54, 1.807) is 24.4 Å². The summed E-state index contributed by atoms with van der Waals surface area (Å²) in [5.74, 6) is -0.229. The summed E-state index contributed by atoms with van der Waals surface area (Å²) in [5, 5.41) is 4.60. The van der Waals surface area contributed by atoms with Crippen LogP contribution < -0.4 is 5.43 Å². The van der Waals surface area contributed by atoms with E-state index in [0.717, 1.165) is 14.7 Å². The number of benzene rings is 2. The summed E-state index contributed by atoms with van der Waals surface area (Å²) in [6.07, 6.45) is 1.58. The van der Waals surface area contributed by atoms with Crippen LogP contribution in [-0.4, -0.2) is 12.1 Å². The third kappa shape index (κ3) is 4.05. The second kappa shape index (κ2) is 6.85. The van der Waals surface area contributed by atoms with Crippen molar-refractivity contribution in [2.24, 2.45) is 5.10 Å². The maximum absolute atomic E-state index is 11.9. The fraction of sp³-hybridized carbons (Fsp3) is 0.0667. The van der Waals surface area contributed by atoms with Crippen LogP contribution in [0.4, 0.5) is 0 Å². The van der Waals surface area contributed by atoms with Crippen LogP contribution in [0, 0.1) is 10.5 Å². The van der Waals surface area contributed by atoms with E-state index >= 15 is 0 Å². The van der Waals surface area contributed by atoms with Crippen LogP contribution in [0.1, 0.15) is 21.5 Å². The van der Waals surface area contributed by atoms with Crippen molar-refractivity contribution in [1.82, 2.24) is 5.43 Å². The van der Waals surface area contributed by atoms with Gasteiger partial charge >= 0.3 is 0 Å². The number of nitrogens with zero attached hydrogens (tertiary/aromatic N) is 1. The fourth-order valence-electron chi connectivity index (χ4n) is 1.51. The van der Waals surface area contributed by atoms with Crippen LogP contribution in [-0.2, 0) is 0 Å². The smallest absolute Gasteiger partial charge is 0.267 e. The molecule has 1 amide bonds. The molecule has 0 heterocycles. The van der Waals surface area contributed by atoms with Gasteiger partial charge in [0.2, 0.25) is 0 Å². The summed E-state index contributed by atoms with van der Waals surface area (Å²) >= 11 is 7.99. The number of aryl methyl sites for hydroxylation is 1. The van der Waals surface area contributed by atoms with Gasteiger partial charge in [0.05, 0.1) is 6.21 Å². The molecular weight excluding hydrogens is 387 g/mol. The van der Waals surface area contributed by atoms with Crippen LogP contribution >= 0.6 is 34.2 Å². The lowest BCUT2D eigenvalue weighted by Gasteiger charge is -2.02. The van der Waals surface area contributed by atoms with E-state index in [9.17, 15) is 4.79 Å². The quantitative estimate of drug-likeness (QED) is 0.474. The summed E-state index contributed by atoms with van der Waals surface area (Å²) in [6.45, 7) is 2.00. The Labute approximate surface area is 136 Å². The predicted molar refractivity (Wildman–Crippen MR) is 90.4 cm³/mol. The zero-order valence-electron chi connectivity index (χ0n) is 10.7. The number of amides is 1. The first-order valence-corrected chi connectivity index (χ1v) is 7.37. The summed E-state index contributed by atoms with van der Waals surface area (Å²) in [4.78, 5) is 11.9. The number of hydrogen-bond donors (Lipinski definition) is 1. The Morgan fingerprint density at radius 3 is 2.60 bits per heavy atom. The molecule has 1 N–H and O–H groups in total. The van der Waals surface area contributed by atoms with Gasteiger partial charge in [-0.15, -0.1) is 0 Å². The molecule has 0 saturated carbocycles. The van der Waals surface area contributed by atoms with E-state index in [1.807, 2.05) is 31.2 Å². The predicted octanol–water partition coefficient (Wildman–Crippen LogP) is 4.02. The fourth-order valence-corrected chi connectivity index (χ4v) is 2.15.